The molecule has 0 aromatic carbocycles. The smallest absolute Gasteiger partial charge is 0.0558 e. The highest BCUT2D eigenvalue weighted by Gasteiger charge is 2.27. The molecule has 0 atom stereocenters. The fraction of sp³-hybridized carbons (Fsp3) is 1.00. The van der Waals surface area contributed by atoms with Gasteiger partial charge in [-0.1, -0.05) is 26.7 Å². The van der Waals surface area contributed by atoms with Gasteiger partial charge in [-0.2, -0.15) is 0 Å². The van der Waals surface area contributed by atoms with Gasteiger partial charge in [-0.15, -0.1) is 0 Å². The molecule has 2 nitrogen and oxygen atoms in total. The molecule has 1 fully saturated rings. The molecule has 1 aliphatic rings. The summed E-state index contributed by atoms with van der Waals surface area (Å²) >= 11 is 0. The largest absolute Gasteiger partial charge is 0.395 e. The van der Waals surface area contributed by atoms with E-state index >= 15 is 0 Å². The number of rotatable bonds is 7. The number of hydrogen-bond acceptors (Lipinski definition) is 2. The van der Waals surface area contributed by atoms with Crippen molar-refractivity contribution in [3.05, 3.63) is 0 Å². The van der Waals surface area contributed by atoms with Gasteiger partial charge in [0.25, 0.3) is 0 Å². The Hall–Kier alpha value is -0.0800. The average Bonchev–Trinajstić information content (AvgIpc) is 2.64. The molecule has 15 heavy (non-hydrogen) atoms. The van der Waals surface area contributed by atoms with Gasteiger partial charge in [-0.3, -0.25) is 0 Å². The van der Waals surface area contributed by atoms with Crippen molar-refractivity contribution in [2.75, 3.05) is 26.2 Å². The first kappa shape index (κ1) is 13.0. The second-order valence-corrected chi connectivity index (χ2v) is 5.28. The lowest BCUT2D eigenvalue weighted by atomic mass is 9.84. The van der Waals surface area contributed by atoms with E-state index in [-0.39, 0.29) is 0 Å². The predicted molar refractivity (Wildman–Crippen MR) is 65.0 cm³/mol. The maximum Gasteiger partial charge on any atom is 0.0558 e. The zero-order valence-corrected chi connectivity index (χ0v) is 10.5. The van der Waals surface area contributed by atoms with Crippen molar-refractivity contribution in [2.24, 2.45) is 5.41 Å². The lowest BCUT2D eigenvalue weighted by Gasteiger charge is -2.25. The molecule has 0 heterocycles. The van der Waals surface area contributed by atoms with E-state index in [9.17, 15) is 0 Å². The van der Waals surface area contributed by atoms with E-state index < -0.39 is 0 Å². The van der Waals surface area contributed by atoms with Crippen molar-refractivity contribution in [3.8, 4) is 0 Å². The normalized spacial score (nSPS) is 20.0. The van der Waals surface area contributed by atoms with Crippen molar-refractivity contribution in [1.29, 1.82) is 0 Å². The van der Waals surface area contributed by atoms with E-state index in [0.717, 1.165) is 19.6 Å². The van der Waals surface area contributed by atoms with Crippen molar-refractivity contribution in [2.45, 2.75) is 52.4 Å². The van der Waals surface area contributed by atoms with Crippen LogP contribution in [0.3, 0.4) is 0 Å². The summed E-state index contributed by atoms with van der Waals surface area (Å²) in [6.07, 6.45) is 8.40. The first-order valence-electron chi connectivity index (χ1n) is 6.53. The maximum atomic E-state index is 8.89. The van der Waals surface area contributed by atoms with Gasteiger partial charge in [-0.25, -0.2) is 0 Å². The second-order valence-electron chi connectivity index (χ2n) is 5.28. The molecular weight excluding hydrogens is 186 g/mol. The molecule has 1 saturated carbocycles. The number of likely N-dealkylation sites (N-methyl/N-ethyl adjacent to an activating group) is 1. The molecule has 2 heteroatoms. The van der Waals surface area contributed by atoms with Crippen molar-refractivity contribution >= 4 is 0 Å². The Morgan fingerprint density at radius 1 is 1.20 bits per heavy atom. The highest BCUT2D eigenvalue weighted by atomic mass is 16.3. The van der Waals surface area contributed by atoms with Crippen molar-refractivity contribution in [3.63, 3.8) is 0 Å². The number of aliphatic hydroxyl groups is 1. The number of hydrogen-bond donors (Lipinski definition) is 1. The van der Waals surface area contributed by atoms with Crippen LogP contribution in [0, 0.1) is 5.41 Å². The first-order valence-corrected chi connectivity index (χ1v) is 6.53. The molecule has 1 aliphatic carbocycles. The Morgan fingerprint density at radius 2 is 1.87 bits per heavy atom. The van der Waals surface area contributed by atoms with Gasteiger partial charge in [-0.05, 0) is 44.2 Å². The molecular formula is C13H27NO. The van der Waals surface area contributed by atoms with E-state index in [0.29, 0.717) is 12.0 Å². The molecule has 0 bridgehead atoms. The lowest BCUT2D eigenvalue weighted by Crippen LogP contribution is -2.28. The fourth-order valence-electron chi connectivity index (χ4n) is 2.78. The molecule has 0 aliphatic heterocycles. The third-order valence-electron chi connectivity index (χ3n) is 3.93. The van der Waals surface area contributed by atoms with Crippen LogP contribution in [-0.2, 0) is 0 Å². The van der Waals surface area contributed by atoms with Gasteiger partial charge < -0.3 is 10.0 Å². The molecule has 1 N–H and O–H groups in total. The minimum absolute atomic E-state index is 0.297. The van der Waals surface area contributed by atoms with Crippen LogP contribution in [0.5, 0.6) is 0 Å². The maximum absolute atomic E-state index is 8.89. The minimum Gasteiger partial charge on any atom is -0.395 e. The quantitative estimate of drug-likeness (QED) is 0.703. The first-order chi connectivity index (χ1) is 7.20. The van der Waals surface area contributed by atoms with Crippen LogP contribution in [0.15, 0.2) is 0 Å². The summed E-state index contributed by atoms with van der Waals surface area (Å²) in [6.45, 7) is 7.98. The summed E-state index contributed by atoms with van der Waals surface area (Å²) in [7, 11) is 0. The summed E-state index contributed by atoms with van der Waals surface area (Å²) in [5.74, 6) is 0. The monoisotopic (exact) mass is 213 g/mol. The van der Waals surface area contributed by atoms with Gasteiger partial charge in [0, 0.05) is 6.54 Å². The molecule has 90 valence electrons. The third kappa shape index (κ3) is 4.52. The Kier molecular flexibility index (Phi) is 5.62. The molecule has 0 saturated heterocycles. The highest BCUT2D eigenvalue weighted by molar-refractivity contribution is 4.80. The topological polar surface area (TPSA) is 23.5 Å². The van der Waals surface area contributed by atoms with Crippen LogP contribution in [-0.4, -0.2) is 36.2 Å². The second kappa shape index (κ2) is 6.49. The van der Waals surface area contributed by atoms with E-state index in [1.165, 1.54) is 38.5 Å². The Bertz CT molecular complexity index is 164. The van der Waals surface area contributed by atoms with Crippen LogP contribution < -0.4 is 0 Å². The zero-order chi connectivity index (χ0) is 11.1. The van der Waals surface area contributed by atoms with Crippen LogP contribution in [0.2, 0.25) is 0 Å². The van der Waals surface area contributed by atoms with Gasteiger partial charge in [0.1, 0.15) is 0 Å². The Morgan fingerprint density at radius 3 is 2.40 bits per heavy atom. The van der Waals surface area contributed by atoms with E-state index in [4.69, 9.17) is 5.11 Å². The van der Waals surface area contributed by atoms with Crippen LogP contribution in [0.4, 0.5) is 0 Å². The van der Waals surface area contributed by atoms with Crippen molar-refractivity contribution in [1.82, 2.24) is 4.90 Å². The van der Waals surface area contributed by atoms with Gasteiger partial charge in [0.15, 0.2) is 0 Å². The van der Waals surface area contributed by atoms with Crippen LogP contribution in [0.25, 0.3) is 0 Å². The van der Waals surface area contributed by atoms with Crippen molar-refractivity contribution < 1.29 is 5.11 Å². The van der Waals surface area contributed by atoms with E-state index in [1.807, 2.05) is 0 Å². The molecule has 0 amide bonds. The molecule has 0 radical (unpaired) electrons. The predicted octanol–water partition coefficient (Wildman–Crippen LogP) is 2.66. The van der Waals surface area contributed by atoms with E-state index in [1.54, 1.807) is 0 Å². The highest BCUT2D eigenvalue weighted by Crippen LogP contribution is 2.41. The standard InChI is InChI=1S/C13H27NO/c1-3-14(11-12-15)10-6-9-13(2)7-4-5-8-13/h15H,3-12H2,1-2H3. The SMILES string of the molecule is CCN(CCO)CCCC1(C)CCCC1. The Labute approximate surface area is 94.7 Å². The minimum atomic E-state index is 0.297. The van der Waals surface area contributed by atoms with Gasteiger partial charge in [0.05, 0.1) is 6.61 Å². The molecule has 0 spiro atoms. The van der Waals surface area contributed by atoms with Crippen LogP contribution >= 0.6 is 0 Å². The fourth-order valence-corrected chi connectivity index (χ4v) is 2.78. The van der Waals surface area contributed by atoms with E-state index in [2.05, 4.69) is 18.7 Å². The zero-order valence-electron chi connectivity index (χ0n) is 10.5. The summed E-state index contributed by atoms with van der Waals surface area (Å²) in [5.41, 5.74) is 0.638. The Balaban J connectivity index is 2.13. The summed E-state index contributed by atoms with van der Waals surface area (Å²) < 4.78 is 0. The molecule has 0 unspecified atom stereocenters. The number of nitrogens with zero attached hydrogens (tertiary/aromatic N) is 1. The summed E-state index contributed by atoms with van der Waals surface area (Å²) in [6, 6.07) is 0. The van der Waals surface area contributed by atoms with Crippen LogP contribution in [0.1, 0.15) is 52.4 Å². The molecule has 0 aromatic heterocycles. The molecule has 1 rings (SSSR count). The van der Waals surface area contributed by atoms with Gasteiger partial charge in [0.2, 0.25) is 0 Å². The third-order valence-corrected chi connectivity index (χ3v) is 3.93. The summed E-state index contributed by atoms with van der Waals surface area (Å²) in [5, 5.41) is 8.89. The molecule has 0 aromatic rings. The lowest BCUT2D eigenvalue weighted by molar-refractivity contribution is 0.189. The van der Waals surface area contributed by atoms with Gasteiger partial charge >= 0.3 is 0 Å². The number of aliphatic hydroxyl groups excluding tert-OH is 1. The summed E-state index contributed by atoms with van der Waals surface area (Å²) in [4.78, 5) is 2.35. The average molecular weight is 213 g/mol.